The Labute approximate surface area is 109 Å². The lowest BCUT2D eigenvalue weighted by molar-refractivity contribution is 0.674. The Balaban J connectivity index is 2.08. The first-order chi connectivity index (χ1) is 8.19. The molecule has 90 valence electrons. The van der Waals surface area contributed by atoms with Gasteiger partial charge in [0.1, 0.15) is 5.01 Å². The monoisotopic (exact) mass is 266 g/mol. The van der Waals surface area contributed by atoms with Crippen LogP contribution < -0.4 is 5.73 Å². The summed E-state index contributed by atoms with van der Waals surface area (Å²) in [4.78, 5) is 5.43. The quantitative estimate of drug-likeness (QED) is 0.921. The highest BCUT2D eigenvalue weighted by Crippen LogP contribution is 2.29. The number of hydrogen-bond acceptors (Lipinski definition) is 6. The molecule has 0 saturated heterocycles. The summed E-state index contributed by atoms with van der Waals surface area (Å²) in [6.45, 7) is 4.00. The molecule has 1 atom stereocenters. The van der Waals surface area contributed by atoms with Crippen LogP contribution in [0, 0.1) is 6.92 Å². The van der Waals surface area contributed by atoms with E-state index in [1.54, 1.807) is 23.1 Å². The Morgan fingerprint density at radius 1 is 1.41 bits per heavy atom. The van der Waals surface area contributed by atoms with E-state index in [-0.39, 0.29) is 6.04 Å². The maximum absolute atomic E-state index is 5.91. The van der Waals surface area contributed by atoms with Gasteiger partial charge < -0.3 is 5.73 Å². The van der Waals surface area contributed by atoms with Crippen LogP contribution in [0.2, 0.25) is 0 Å². The smallest absolute Gasteiger partial charge is 0.179 e. The third-order valence-corrected chi connectivity index (χ3v) is 4.16. The van der Waals surface area contributed by atoms with E-state index in [9.17, 15) is 0 Å². The van der Waals surface area contributed by atoms with E-state index >= 15 is 0 Å². The van der Waals surface area contributed by atoms with Gasteiger partial charge in [-0.2, -0.15) is 0 Å². The molecule has 4 nitrogen and oxygen atoms in total. The maximum atomic E-state index is 5.91. The number of rotatable bonds is 4. The van der Waals surface area contributed by atoms with Crippen LogP contribution in [0.3, 0.4) is 0 Å². The molecule has 0 unspecified atom stereocenters. The Morgan fingerprint density at radius 3 is 2.76 bits per heavy atom. The van der Waals surface area contributed by atoms with Crippen LogP contribution in [0.1, 0.15) is 30.1 Å². The maximum Gasteiger partial charge on any atom is 0.179 e. The van der Waals surface area contributed by atoms with Crippen LogP contribution in [-0.4, -0.2) is 15.2 Å². The molecule has 6 heteroatoms. The van der Waals surface area contributed by atoms with Gasteiger partial charge in [0, 0.05) is 17.1 Å². The molecule has 0 aliphatic heterocycles. The van der Waals surface area contributed by atoms with E-state index in [4.69, 9.17) is 5.73 Å². The molecule has 2 aromatic heterocycles. The lowest BCUT2D eigenvalue weighted by Gasteiger charge is -2.07. The summed E-state index contributed by atoms with van der Waals surface area (Å²) in [6, 6.07) is 4.03. The van der Waals surface area contributed by atoms with Gasteiger partial charge >= 0.3 is 0 Å². The first-order valence-corrected chi connectivity index (χ1v) is 7.02. The zero-order chi connectivity index (χ0) is 12.3. The van der Waals surface area contributed by atoms with E-state index in [1.807, 2.05) is 25.3 Å². The molecule has 2 aromatic rings. The van der Waals surface area contributed by atoms with E-state index in [1.165, 1.54) is 0 Å². The highest BCUT2D eigenvalue weighted by atomic mass is 32.2. The van der Waals surface area contributed by atoms with Gasteiger partial charge in [-0.15, -0.1) is 10.2 Å². The summed E-state index contributed by atoms with van der Waals surface area (Å²) in [7, 11) is 0. The second kappa shape index (κ2) is 5.57. The topological polar surface area (TPSA) is 64.7 Å². The molecule has 0 saturated carbocycles. The van der Waals surface area contributed by atoms with Crippen molar-refractivity contribution in [1.82, 2.24) is 15.2 Å². The average Bonchev–Trinajstić information content (AvgIpc) is 2.75. The van der Waals surface area contributed by atoms with Crippen molar-refractivity contribution in [3.63, 3.8) is 0 Å². The molecule has 0 aliphatic rings. The van der Waals surface area contributed by atoms with Gasteiger partial charge in [-0.25, -0.2) is 0 Å². The van der Waals surface area contributed by atoms with Crippen molar-refractivity contribution in [2.45, 2.75) is 35.5 Å². The van der Waals surface area contributed by atoms with Crippen LogP contribution in [0.4, 0.5) is 0 Å². The normalized spacial score (nSPS) is 12.6. The van der Waals surface area contributed by atoms with E-state index in [2.05, 4.69) is 22.1 Å². The van der Waals surface area contributed by atoms with Gasteiger partial charge in [0.05, 0.1) is 5.69 Å². The zero-order valence-corrected chi connectivity index (χ0v) is 11.4. The van der Waals surface area contributed by atoms with Gasteiger partial charge in [0.25, 0.3) is 0 Å². The zero-order valence-electron chi connectivity index (χ0n) is 9.75. The molecule has 0 amide bonds. The fraction of sp³-hybridized carbons (Fsp3) is 0.364. The van der Waals surface area contributed by atoms with Crippen LogP contribution in [0.25, 0.3) is 0 Å². The molecule has 17 heavy (non-hydrogen) atoms. The number of aryl methyl sites for hydroxylation is 1. The average molecular weight is 266 g/mol. The van der Waals surface area contributed by atoms with Crippen molar-refractivity contribution in [3.8, 4) is 0 Å². The minimum absolute atomic E-state index is 0.0258. The molecular formula is C11H14N4S2. The standard InChI is InChI=1S/C11H14N4S2/c1-3-9(12)10-5-4-8(6-13-10)17-11-15-14-7(2)16-11/h4-6,9H,3,12H2,1-2H3/t9-/m0/s1. The predicted molar refractivity (Wildman–Crippen MR) is 70.2 cm³/mol. The third kappa shape index (κ3) is 3.24. The van der Waals surface area contributed by atoms with Crippen molar-refractivity contribution in [2.24, 2.45) is 5.73 Å². The van der Waals surface area contributed by atoms with Crippen LogP contribution >= 0.6 is 23.1 Å². The van der Waals surface area contributed by atoms with Crippen molar-refractivity contribution < 1.29 is 0 Å². The summed E-state index contributed by atoms with van der Waals surface area (Å²) >= 11 is 3.16. The molecule has 2 N–H and O–H groups in total. The second-order valence-electron chi connectivity index (χ2n) is 3.62. The second-order valence-corrected chi connectivity index (χ2v) is 6.12. The van der Waals surface area contributed by atoms with Crippen LogP contribution in [0.5, 0.6) is 0 Å². The fourth-order valence-corrected chi connectivity index (χ4v) is 3.06. The predicted octanol–water partition coefficient (Wildman–Crippen LogP) is 2.80. The molecule has 2 heterocycles. The Hall–Kier alpha value is -0.980. The minimum Gasteiger partial charge on any atom is -0.323 e. The third-order valence-electron chi connectivity index (χ3n) is 2.29. The number of pyridine rings is 1. The van der Waals surface area contributed by atoms with Gasteiger partial charge in [-0.05, 0) is 25.5 Å². The SMILES string of the molecule is CC[C@H](N)c1ccc(Sc2nnc(C)s2)cn1. The molecule has 2 rings (SSSR count). The van der Waals surface area contributed by atoms with Gasteiger partial charge in [0.15, 0.2) is 4.34 Å². The Bertz CT molecular complexity index is 480. The van der Waals surface area contributed by atoms with Gasteiger partial charge in [0.2, 0.25) is 0 Å². The minimum atomic E-state index is 0.0258. The van der Waals surface area contributed by atoms with Crippen LogP contribution in [-0.2, 0) is 0 Å². The molecular weight excluding hydrogens is 252 g/mol. The number of hydrogen-bond donors (Lipinski definition) is 1. The van der Waals surface area contributed by atoms with E-state index in [0.717, 1.165) is 26.4 Å². The Morgan fingerprint density at radius 2 is 2.24 bits per heavy atom. The van der Waals surface area contributed by atoms with Crippen molar-refractivity contribution in [1.29, 1.82) is 0 Å². The van der Waals surface area contributed by atoms with Crippen molar-refractivity contribution in [2.75, 3.05) is 0 Å². The highest BCUT2D eigenvalue weighted by Gasteiger charge is 2.06. The molecule has 0 spiro atoms. The van der Waals surface area contributed by atoms with Gasteiger partial charge in [-0.3, -0.25) is 4.98 Å². The van der Waals surface area contributed by atoms with E-state index < -0.39 is 0 Å². The summed E-state index contributed by atoms with van der Waals surface area (Å²) < 4.78 is 0.942. The fourth-order valence-electron chi connectivity index (χ4n) is 1.30. The van der Waals surface area contributed by atoms with E-state index in [0.29, 0.717) is 0 Å². The molecule has 0 aromatic carbocycles. The summed E-state index contributed by atoms with van der Waals surface area (Å²) in [5.74, 6) is 0. The number of aromatic nitrogens is 3. The molecule has 0 aliphatic carbocycles. The van der Waals surface area contributed by atoms with Crippen molar-refractivity contribution >= 4 is 23.1 Å². The Kier molecular flexibility index (Phi) is 4.09. The lowest BCUT2D eigenvalue weighted by atomic mass is 10.1. The first kappa shape index (κ1) is 12.5. The molecule has 0 fully saturated rings. The first-order valence-electron chi connectivity index (χ1n) is 5.38. The van der Waals surface area contributed by atoms with Crippen molar-refractivity contribution in [3.05, 3.63) is 29.0 Å². The summed E-state index contributed by atoms with van der Waals surface area (Å²) in [5, 5.41) is 9.02. The lowest BCUT2D eigenvalue weighted by Crippen LogP contribution is -2.10. The summed E-state index contributed by atoms with van der Waals surface area (Å²) in [6.07, 6.45) is 2.74. The molecule has 0 bridgehead atoms. The number of nitrogens with two attached hydrogens (primary N) is 1. The molecule has 0 radical (unpaired) electrons. The largest absolute Gasteiger partial charge is 0.323 e. The van der Waals surface area contributed by atoms with Gasteiger partial charge in [-0.1, -0.05) is 30.0 Å². The number of nitrogens with zero attached hydrogens (tertiary/aromatic N) is 3. The van der Waals surface area contributed by atoms with Crippen LogP contribution in [0.15, 0.2) is 27.6 Å². The highest BCUT2D eigenvalue weighted by molar-refractivity contribution is 8.01. The summed E-state index contributed by atoms with van der Waals surface area (Å²) in [5.41, 5.74) is 6.85.